The molecule has 0 bridgehead atoms. The van der Waals surface area contributed by atoms with E-state index < -0.39 is 5.97 Å². The molecule has 1 saturated carbocycles. The van der Waals surface area contributed by atoms with E-state index in [1.807, 2.05) is 0 Å². The number of hydrogen-bond donors (Lipinski definition) is 1. The van der Waals surface area contributed by atoms with Crippen molar-refractivity contribution in [2.24, 2.45) is 5.41 Å². The predicted molar refractivity (Wildman–Crippen MR) is 70.0 cm³/mol. The monoisotopic (exact) mass is 265 g/mol. The summed E-state index contributed by atoms with van der Waals surface area (Å²) in [6.45, 7) is 4.29. The van der Waals surface area contributed by atoms with Gasteiger partial charge in [0.2, 0.25) is 5.82 Å². The van der Waals surface area contributed by atoms with Crippen LogP contribution in [0.3, 0.4) is 0 Å². The summed E-state index contributed by atoms with van der Waals surface area (Å²) >= 11 is 0. The van der Waals surface area contributed by atoms with E-state index >= 15 is 0 Å². The second-order valence-corrected chi connectivity index (χ2v) is 5.24. The van der Waals surface area contributed by atoms with Gasteiger partial charge in [0, 0.05) is 24.8 Å². The average Bonchev–Trinajstić information content (AvgIpc) is 2.42. The summed E-state index contributed by atoms with van der Waals surface area (Å²) in [5.74, 6) is 0.155. The molecule has 1 aromatic rings. The Hall–Kier alpha value is -1.69. The third kappa shape index (κ3) is 2.53. The number of hydrogen-bond acceptors (Lipinski definition) is 6. The topological polar surface area (TPSA) is 73.3 Å². The lowest BCUT2D eigenvalue weighted by atomic mass is 9.64. The Labute approximate surface area is 112 Å². The highest BCUT2D eigenvalue weighted by Gasteiger charge is 2.48. The third-order valence-corrected chi connectivity index (χ3v) is 3.81. The lowest BCUT2D eigenvalue weighted by Gasteiger charge is -2.51. The molecule has 2 unspecified atom stereocenters. The van der Waals surface area contributed by atoms with E-state index in [4.69, 9.17) is 4.74 Å². The number of anilines is 1. The Kier molecular flexibility index (Phi) is 3.71. The van der Waals surface area contributed by atoms with Crippen LogP contribution in [0.25, 0.3) is 0 Å². The maximum Gasteiger partial charge on any atom is 0.376 e. The first-order valence-corrected chi connectivity index (χ1v) is 6.19. The number of methoxy groups -OCH3 is 2. The van der Waals surface area contributed by atoms with E-state index in [1.165, 1.54) is 7.11 Å². The Morgan fingerprint density at radius 1 is 1.47 bits per heavy atom. The van der Waals surface area contributed by atoms with Gasteiger partial charge in [0.05, 0.1) is 13.2 Å². The summed E-state index contributed by atoms with van der Waals surface area (Å²) in [7, 11) is 3.03. The minimum absolute atomic E-state index is 0.0329. The largest absolute Gasteiger partial charge is 0.463 e. The predicted octanol–water partition coefficient (Wildman–Crippen LogP) is 1.49. The zero-order valence-electron chi connectivity index (χ0n) is 11.6. The van der Waals surface area contributed by atoms with Crippen molar-refractivity contribution in [3.8, 4) is 0 Å². The second-order valence-electron chi connectivity index (χ2n) is 5.24. The van der Waals surface area contributed by atoms with Crippen molar-refractivity contribution in [3.05, 3.63) is 18.1 Å². The summed E-state index contributed by atoms with van der Waals surface area (Å²) in [5, 5.41) is 3.31. The van der Waals surface area contributed by atoms with Crippen LogP contribution in [0.4, 0.5) is 5.82 Å². The zero-order chi connectivity index (χ0) is 14.0. The molecule has 1 aromatic heterocycles. The molecule has 6 nitrogen and oxygen atoms in total. The summed E-state index contributed by atoms with van der Waals surface area (Å²) < 4.78 is 10.0. The number of aromatic nitrogens is 2. The van der Waals surface area contributed by atoms with Crippen LogP contribution in [-0.2, 0) is 9.47 Å². The molecular formula is C13H19N3O3. The van der Waals surface area contributed by atoms with Crippen LogP contribution in [0.2, 0.25) is 0 Å². The summed E-state index contributed by atoms with van der Waals surface area (Å²) in [6, 6.07) is 2.00. The Morgan fingerprint density at radius 3 is 2.79 bits per heavy atom. The molecule has 1 heterocycles. The molecule has 2 atom stereocenters. The number of carbonyl (C=O) groups excluding carboxylic acids is 1. The molecule has 0 aliphatic heterocycles. The van der Waals surface area contributed by atoms with E-state index in [0.29, 0.717) is 5.82 Å². The van der Waals surface area contributed by atoms with Gasteiger partial charge in [0.15, 0.2) is 0 Å². The van der Waals surface area contributed by atoms with Crippen LogP contribution >= 0.6 is 0 Å². The van der Waals surface area contributed by atoms with Gasteiger partial charge in [-0.2, -0.15) is 0 Å². The van der Waals surface area contributed by atoms with Crippen molar-refractivity contribution in [2.45, 2.75) is 32.4 Å². The van der Waals surface area contributed by atoms with Gasteiger partial charge < -0.3 is 14.8 Å². The van der Waals surface area contributed by atoms with Gasteiger partial charge in [-0.3, -0.25) is 0 Å². The maximum atomic E-state index is 11.4. The normalized spacial score (nSPS) is 24.4. The minimum Gasteiger partial charge on any atom is -0.463 e. The molecule has 0 aromatic carbocycles. The van der Waals surface area contributed by atoms with Gasteiger partial charge in [-0.25, -0.2) is 14.8 Å². The molecule has 1 N–H and O–H groups in total. The average molecular weight is 265 g/mol. The Balaban J connectivity index is 2.07. The quantitative estimate of drug-likeness (QED) is 0.831. The van der Waals surface area contributed by atoms with E-state index in [2.05, 4.69) is 33.9 Å². The van der Waals surface area contributed by atoms with Crippen LogP contribution in [0.15, 0.2) is 12.3 Å². The number of nitrogens with zero attached hydrogens (tertiary/aromatic N) is 2. The highest BCUT2D eigenvalue weighted by atomic mass is 16.5. The SMILES string of the molecule is COC(=O)c1nccc(NC2CC(OC)C2(C)C)n1. The summed E-state index contributed by atoms with van der Waals surface area (Å²) in [5.41, 5.74) is 0.0329. The van der Waals surface area contributed by atoms with E-state index in [0.717, 1.165) is 6.42 Å². The van der Waals surface area contributed by atoms with Crippen molar-refractivity contribution < 1.29 is 14.3 Å². The fraction of sp³-hybridized carbons (Fsp3) is 0.615. The first-order chi connectivity index (χ1) is 8.98. The highest BCUT2D eigenvalue weighted by Crippen LogP contribution is 2.43. The molecule has 19 heavy (non-hydrogen) atoms. The van der Waals surface area contributed by atoms with Crippen LogP contribution < -0.4 is 5.32 Å². The maximum absolute atomic E-state index is 11.4. The molecule has 2 rings (SSSR count). The minimum atomic E-state index is -0.536. The smallest absolute Gasteiger partial charge is 0.376 e. The summed E-state index contributed by atoms with van der Waals surface area (Å²) in [4.78, 5) is 19.4. The number of rotatable bonds is 4. The van der Waals surface area contributed by atoms with Gasteiger partial charge in [-0.05, 0) is 12.5 Å². The standard InChI is InChI=1S/C13H19N3O3/c1-13(2)8(7-9(13)18-3)15-10-5-6-14-11(16-10)12(17)19-4/h5-6,8-9H,7H2,1-4H3,(H,14,15,16). The number of ether oxygens (including phenoxy) is 2. The van der Waals surface area contributed by atoms with E-state index in [9.17, 15) is 4.79 Å². The van der Waals surface area contributed by atoms with E-state index in [1.54, 1.807) is 19.4 Å². The van der Waals surface area contributed by atoms with Gasteiger partial charge in [0.1, 0.15) is 5.82 Å². The molecule has 1 aliphatic carbocycles. The van der Waals surface area contributed by atoms with Gasteiger partial charge in [-0.1, -0.05) is 13.8 Å². The third-order valence-electron chi connectivity index (χ3n) is 3.81. The fourth-order valence-corrected chi connectivity index (χ4v) is 2.34. The molecule has 104 valence electrons. The van der Waals surface area contributed by atoms with Crippen molar-refractivity contribution in [2.75, 3.05) is 19.5 Å². The van der Waals surface area contributed by atoms with Crippen LogP contribution in [0.1, 0.15) is 30.9 Å². The zero-order valence-corrected chi connectivity index (χ0v) is 11.6. The lowest BCUT2D eigenvalue weighted by molar-refractivity contribution is -0.0795. The highest BCUT2D eigenvalue weighted by molar-refractivity contribution is 5.85. The molecule has 0 amide bonds. The number of carbonyl (C=O) groups is 1. The lowest BCUT2D eigenvalue weighted by Crippen LogP contribution is -2.57. The van der Waals surface area contributed by atoms with Crippen molar-refractivity contribution in [1.82, 2.24) is 9.97 Å². The van der Waals surface area contributed by atoms with Crippen LogP contribution in [0.5, 0.6) is 0 Å². The van der Waals surface area contributed by atoms with Crippen LogP contribution in [-0.4, -0.2) is 42.3 Å². The van der Waals surface area contributed by atoms with Crippen molar-refractivity contribution in [3.63, 3.8) is 0 Å². The van der Waals surface area contributed by atoms with Gasteiger partial charge >= 0.3 is 5.97 Å². The Bertz CT molecular complexity index is 476. The first kappa shape index (κ1) is 13.7. The molecule has 0 spiro atoms. The molecule has 1 aliphatic rings. The summed E-state index contributed by atoms with van der Waals surface area (Å²) in [6.07, 6.45) is 2.70. The molecule has 0 radical (unpaired) electrons. The molecule has 0 saturated heterocycles. The molecule has 6 heteroatoms. The first-order valence-electron chi connectivity index (χ1n) is 6.19. The Morgan fingerprint density at radius 2 is 2.21 bits per heavy atom. The number of nitrogens with one attached hydrogen (secondary N) is 1. The van der Waals surface area contributed by atoms with E-state index in [-0.39, 0.29) is 23.4 Å². The second kappa shape index (κ2) is 5.13. The number of esters is 1. The molecular weight excluding hydrogens is 246 g/mol. The van der Waals surface area contributed by atoms with Crippen molar-refractivity contribution >= 4 is 11.8 Å². The van der Waals surface area contributed by atoms with Gasteiger partial charge in [0.25, 0.3) is 0 Å². The van der Waals surface area contributed by atoms with Crippen molar-refractivity contribution in [1.29, 1.82) is 0 Å². The fourth-order valence-electron chi connectivity index (χ4n) is 2.34. The van der Waals surface area contributed by atoms with Gasteiger partial charge in [-0.15, -0.1) is 0 Å². The molecule has 1 fully saturated rings. The van der Waals surface area contributed by atoms with Crippen LogP contribution in [0, 0.1) is 5.41 Å².